The number of rotatable bonds is 6. The van der Waals surface area contributed by atoms with Gasteiger partial charge in [0.15, 0.2) is 0 Å². The first kappa shape index (κ1) is 20.1. The maximum atomic E-state index is 13.0. The lowest BCUT2D eigenvalue weighted by molar-refractivity contribution is -0.138. The predicted molar refractivity (Wildman–Crippen MR) is 109 cm³/mol. The van der Waals surface area contributed by atoms with Crippen molar-refractivity contribution >= 4 is 29.2 Å². The van der Waals surface area contributed by atoms with E-state index < -0.39 is 17.5 Å². The van der Waals surface area contributed by atoms with Crippen LogP contribution < -0.4 is 5.32 Å². The van der Waals surface area contributed by atoms with Crippen molar-refractivity contribution in [1.29, 1.82) is 0 Å². The highest BCUT2D eigenvalue weighted by molar-refractivity contribution is 7.07. The van der Waals surface area contributed by atoms with E-state index in [1.165, 1.54) is 4.90 Å². The minimum atomic E-state index is -1.17. The molecule has 0 aliphatic carbocycles. The number of imide groups is 1. The summed E-state index contributed by atoms with van der Waals surface area (Å²) in [5.74, 6) is -0.315. The largest absolute Gasteiger partial charge is 0.340 e. The van der Waals surface area contributed by atoms with Crippen LogP contribution in [0.2, 0.25) is 0 Å². The standard InChI is InChI=1S/C21H25N3O3S/c1-14(2)16-5-7-17(8-6-16)21(3)19(26)24(20(27)22-21)12-18(25)23(4)11-15-9-10-28-13-15/h5-10,13-14H,11-12H2,1-4H3,(H,22,27). The van der Waals surface area contributed by atoms with E-state index in [9.17, 15) is 14.4 Å². The second kappa shape index (κ2) is 7.75. The summed E-state index contributed by atoms with van der Waals surface area (Å²) >= 11 is 1.56. The van der Waals surface area contributed by atoms with Crippen LogP contribution in [0.3, 0.4) is 0 Å². The minimum Gasteiger partial charge on any atom is -0.340 e. The summed E-state index contributed by atoms with van der Waals surface area (Å²) in [6.07, 6.45) is 0. The monoisotopic (exact) mass is 399 g/mol. The van der Waals surface area contributed by atoms with Gasteiger partial charge in [-0.15, -0.1) is 0 Å². The molecule has 1 aliphatic rings. The van der Waals surface area contributed by atoms with E-state index in [4.69, 9.17) is 0 Å². The number of urea groups is 1. The number of amides is 4. The summed E-state index contributed by atoms with van der Waals surface area (Å²) in [5.41, 5.74) is 1.72. The Labute approximate surface area is 169 Å². The van der Waals surface area contributed by atoms with Crippen LogP contribution in [-0.2, 0) is 21.7 Å². The summed E-state index contributed by atoms with van der Waals surface area (Å²) in [7, 11) is 1.67. The Bertz CT molecular complexity index is 877. The van der Waals surface area contributed by atoms with Crippen LogP contribution >= 0.6 is 11.3 Å². The number of nitrogens with zero attached hydrogens (tertiary/aromatic N) is 2. The zero-order valence-corrected chi connectivity index (χ0v) is 17.4. The van der Waals surface area contributed by atoms with Crippen molar-refractivity contribution in [2.24, 2.45) is 0 Å². The zero-order valence-electron chi connectivity index (χ0n) is 16.6. The molecule has 1 N–H and O–H groups in total. The van der Waals surface area contributed by atoms with E-state index in [1.807, 2.05) is 41.1 Å². The maximum Gasteiger partial charge on any atom is 0.325 e. The smallest absolute Gasteiger partial charge is 0.325 e. The van der Waals surface area contributed by atoms with Gasteiger partial charge >= 0.3 is 6.03 Å². The van der Waals surface area contributed by atoms with E-state index in [0.29, 0.717) is 18.0 Å². The highest BCUT2D eigenvalue weighted by Crippen LogP contribution is 2.30. The second-order valence-electron chi connectivity index (χ2n) is 7.60. The first-order chi connectivity index (χ1) is 13.2. The van der Waals surface area contributed by atoms with Crippen molar-refractivity contribution < 1.29 is 14.4 Å². The average molecular weight is 400 g/mol. The molecule has 148 valence electrons. The third-order valence-corrected chi connectivity index (χ3v) is 5.88. The Kier molecular flexibility index (Phi) is 5.56. The Morgan fingerprint density at radius 3 is 2.46 bits per heavy atom. The van der Waals surface area contributed by atoms with Crippen molar-refractivity contribution in [2.45, 2.75) is 38.8 Å². The number of thiophene rings is 1. The van der Waals surface area contributed by atoms with Gasteiger partial charge < -0.3 is 10.2 Å². The first-order valence-electron chi connectivity index (χ1n) is 9.22. The molecule has 1 saturated heterocycles. The van der Waals surface area contributed by atoms with E-state index in [1.54, 1.807) is 25.3 Å². The van der Waals surface area contributed by atoms with Gasteiger partial charge in [-0.2, -0.15) is 11.3 Å². The molecule has 1 unspecified atom stereocenters. The zero-order chi connectivity index (χ0) is 20.5. The molecule has 28 heavy (non-hydrogen) atoms. The summed E-state index contributed by atoms with van der Waals surface area (Å²) in [6, 6.07) is 9.06. The normalized spacial score (nSPS) is 19.2. The van der Waals surface area contributed by atoms with Crippen LogP contribution in [0, 0.1) is 0 Å². The lowest BCUT2D eigenvalue weighted by Gasteiger charge is -2.23. The van der Waals surface area contributed by atoms with Gasteiger partial charge in [-0.05, 0) is 46.4 Å². The van der Waals surface area contributed by atoms with Crippen molar-refractivity contribution in [3.8, 4) is 0 Å². The van der Waals surface area contributed by atoms with Crippen LogP contribution in [0.15, 0.2) is 41.1 Å². The second-order valence-corrected chi connectivity index (χ2v) is 8.38. The van der Waals surface area contributed by atoms with Crippen LogP contribution in [0.5, 0.6) is 0 Å². The fraction of sp³-hybridized carbons (Fsp3) is 0.381. The number of hydrogen-bond acceptors (Lipinski definition) is 4. The van der Waals surface area contributed by atoms with Crippen LogP contribution in [-0.4, -0.2) is 41.2 Å². The number of likely N-dealkylation sites (N-methyl/N-ethyl adjacent to an activating group) is 1. The number of carbonyl (C=O) groups excluding carboxylic acids is 3. The molecule has 1 aromatic heterocycles. The van der Waals surface area contributed by atoms with Gasteiger partial charge in [-0.25, -0.2) is 4.79 Å². The maximum absolute atomic E-state index is 13.0. The molecule has 2 aromatic rings. The van der Waals surface area contributed by atoms with Crippen molar-refractivity contribution in [3.63, 3.8) is 0 Å². The Morgan fingerprint density at radius 2 is 1.89 bits per heavy atom. The summed E-state index contributed by atoms with van der Waals surface area (Å²) < 4.78 is 0. The molecular formula is C21H25N3O3S. The van der Waals surface area contributed by atoms with Gasteiger partial charge in [0.25, 0.3) is 5.91 Å². The molecule has 7 heteroatoms. The molecule has 1 atom stereocenters. The van der Waals surface area contributed by atoms with Gasteiger partial charge in [-0.3, -0.25) is 14.5 Å². The van der Waals surface area contributed by atoms with Crippen molar-refractivity contribution in [1.82, 2.24) is 15.1 Å². The Morgan fingerprint density at radius 1 is 1.21 bits per heavy atom. The lowest BCUT2D eigenvalue weighted by Crippen LogP contribution is -2.43. The van der Waals surface area contributed by atoms with Gasteiger partial charge in [0, 0.05) is 13.6 Å². The Hall–Kier alpha value is -2.67. The van der Waals surface area contributed by atoms with E-state index >= 15 is 0 Å². The van der Waals surface area contributed by atoms with E-state index in [2.05, 4.69) is 19.2 Å². The summed E-state index contributed by atoms with van der Waals surface area (Å²) in [4.78, 5) is 40.5. The first-order valence-corrected chi connectivity index (χ1v) is 10.2. The van der Waals surface area contributed by atoms with Gasteiger partial charge in [0.2, 0.25) is 5.91 Å². The SMILES string of the molecule is CC(C)c1ccc(C2(C)NC(=O)N(CC(=O)N(C)Cc3ccsc3)C2=O)cc1. The number of carbonyl (C=O) groups is 3. The van der Waals surface area contributed by atoms with Gasteiger partial charge in [-0.1, -0.05) is 38.1 Å². The molecular weight excluding hydrogens is 374 g/mol. The molecule has 1 fully saturated rings. The van der Waals surface area contributed by atoms with Crippen molar-refractivity contribution in [3.05, 3.63) is 57.8 Å². The van der Waals surface area contributed by atoms with Crippen molar-refractivity contribution in [2.75, 3.05) is 13.6 Å². The average Bonchev–Trinajstić information content (AvgIpc) is 3.24. The van der Waals surface area contributed by atoms with Gasteiger partial charge in [0.1, 0.15) is 12.1 Å². The molecule has 0 bridgehead atoms. The summed E-state index contributed by atoms with van der Waals surface area (Å²) in [6.45, 7) is 6.04. The third kappa shape index (κ3) is 3.80. The quantitative estimate of drug-likeness (QED) is 0.758. The molecule has 0 saturated carbocycles. The fourth-order valence-electron chi connectivity index (χ4n) is 3.24. The highest BCUT2D eigenvalue weighted by atomic mass is 32.1. The predicted octanol–water partition coefficient (Wildman–Crippen LogP) is 3.30. The fourth-order valence-corrected chi connectivity index (χ4v) is 3.90. The number of hydrogen-bond donors (Lipinski definition) is 1. The van der Waals surface area contributed by atoms with Crippen LogP contribution in [0.25, 0.3) is 0 Å². The molecule has 1 aromatic carbocycles. The molecule has 6 nitrogen and oxygen atoms in total. The molecule has 1 aliphatic heterocycles. The van der Waals surface area contributed by atoms with Gasteiger partial charge in [0.05, 0.1) is 0 Å². The topological polar surface area (TPSA) is 69.7 Å². The number of benzene rings is 1. The molecule has 2 heterocycles. The molecule has 3 rings (SSSR count). The van der Waals surface area contributed by atoms with Crippen LogP contribution in [0.4, 0.5) is 4.79 Å². The molecule has 4 amide bonds. The third-order valence-electron chi connectivity index (χ3n) is 5.15. The molecule has 0 radical (unpaired) electrons. The lowest BCUT2D eigenvalue weighted by atomic mass is 9.90. The minimum absolute atomic E-state index is 0.273. The Balaban J connectivity index is 1.72. The highest BCUT2D eigenvalue weighted by Gasteiger charge is 2.49. The van der Waals surface area contributed by atoms with Crippen LogP contribution in [0.1, 0.15) is 43.4 Å². The molecule has 0 spiro atoms. The van der Waals surface area contributed by atoms with E-state index in [0.717, 1.165) is 16.0 Å². The number of nitrogens with one attached hydrogen (secondary N) is 1. The van der Waals surface area contributed by atoms with E-state index in [-0.39, 0.29) is 12.5 Å². The summed E-state index contributed by atoms with van der Waals surface area (Å²) in [5, 5.41) is 6.67.